The first-order valence-corrected chi connectivity index (χ1v) is 6.11. The fourth-order valence-corrected chi connectivity index (χ4v) is 1.96. The summed E-state index contributed by atoms with van der Waals surface area (Å²) in [5.41, 5.74) is 3.97. The number of rotatable bonds is 5. The summed E-state index contributed by atoms with van der Waals surface area (Å²) in [4.78, 5) is 0. The lowest BCUT2D eigenvalue weighted by atomic mass is 10.0. The zero-order valence-corrected chi connectivity index (χ0v) is 10.0. The van der Waals surface area contributed by atoms with E-state index in [1.807, 2.05) is 0 Å². The molecule has 0 aromatic heterocycles. The molecule has 1 aromatic rings. The van der Waals surface area contributed by atoms with Gasteiger partial charge in [0.05, 0.1) is 0 Å². The number of hydrogen-bond donors (Lipinski definition) is 0. The van der Waals surface area contributed by atoms with Crippen molar-refractivity contribution >= 4 is 23.2 Å². The summed E-state index contributed by atoms with van der Waals surface area (Å²) in [5, 5.41) is 0. The minimum absolute atomic E-state index is 0.609. The van der Waals surface area contributed by atoms with E-state index in [-0.39, 0.29) is 0 Å². The van der Waals surface area contributed by atoms with Crippen LogP contribution >= 0.6 is 23.2 Å². The molecule has 0 nitrogen and oxygen atoms in total. The van der Waals surface area contributed by atoms with Crippen molar-refractivity contribution in [2.24, 2.45) is 0 Å². The average Bonchev–Trinajstić information content (AvgIpc) is 2.25. The summed E-state index contributed by atoms with van der Waals surface area (Å²) < 4.78 is 0. The summed E-state index contributed by atoms with van der Waals surface area (Å²) >= 11 is 11.5. The molecule has 0 radical (unpaired) electrons. The number of aryl methyl sites for hydroxylation is 2. The van der Waals surface area contributed by atoms with E-state index in [0.29, 0.717) is 5.88 Å². The third-order valence-electron chi connectivity index (χ3n) is 2.39. The summed E-state index contributed by atoms with van der Waals surface area (Å²) in [6.07, 6.45) is 3.14. The molecule has 14 heavy (non-hydrogen) atoms. The highest BCUT2D eigenvalue weighted by molar-refractivity contribution is 6.17. The van der Waals surface area contributed by atoms with Crippen molar-refractivity contribution in [3.05, 3.63) is 34.9 Å². The zero-order chi connectivity index (χ0) is 10.4. The lowest BCUT2D eigenvalue weighted by Gasteiger charge is -2.07. The van der Waals surface area contributed by atoms with Crippen molar-refractivity contribution in [1.82, 2.24) is 0 Å². The van der Waals surface area contributed by atoms with E-state index >= 15 is 0 Å². The second kappa shape index (κ2) is 6.31. The monoisotopic (exact) mass is 230 g/mol. The fraction of sp³-hybridized carbons (Fsp3) is 0.500. The molecule has 0 heterocycles. The Bertz CT molecular complexity index is 282. The third kappa shape index (κ3) is 3.18. The van der Waals surface area contributed by atoms with Gasteiger partial charge in [0, 0.05) is 11.8 Å². The van der Waals surface area contributed by atoms with Gasteiger partial charge in [-0.1, -0.05) is 25.1 Å². The minimum atomic E-state index is 0.609. The Kier molecular flexibility index (Phi) is 5.36. The van der Waals surface area contributed by atoms with Gasteiger partial charge in [0.25, 0.3) is 0 Å². The summed E-state index contributed by atoms with van der Waals surface area (Å²) in [6.45, 7) is 2.16. The average molecular weight is 231 g/mol. The Balaban J connectivity index is 2.79. The van der Waals surface area contributed by atoms with Crippen molar-refractivity contribution in [1.29, 1.82) is 0 Å². The van der Waals surface area contributed by atoms with E-state index < -0.39 is 0 Å². The van der Waals surface area contributed by atoms with Crippen LogP contribution in [0.1, 0.15) is 30.0 Å². The molecule has 78 valence electrons. The summed E-state index contributed by atoms with van der Waals surface area (Å²) in [7, 11) is 0. The Hall–Kier alpha value is -0.200. The van der Waals surface area contributed by atoms with Gasteiger partial charge in [-0.15, -0.1) is 23.2 Å². The molecule has 0 saturated carbocycles. The summed E-state index contributed by atoms with van der Waals surface area (Å²) in [5.74, 6) is 1.34. The first kappa shape index (κ1) is 11.9. The third-order valence-corrected chi connectivity index (χ3v) is 2.95. The van der Waals surface area contributed by atoms with Crippen molar-refractivity contribution in [2.45, 2.75) is 32.1 Å². The van der Waals surface area contributed by atoms with Crippen LogP contribution in [0, 0.1) is 0 Å². The van der Waals surface area contributed by atoms with Crippen LogP contribution < -0.4 is 0 Å². The molecule has 0 N–H and O–H groups in total. The van der Waals surface area contributed by atoms with Gasteiger partial charge in [-0.05, 0) is 36.0 Å². The highest BCUT2D eigenvalue weighted by Gasteiger charge is 2.01. The molecular formula is C12H16Cl2. The normalized spacial score (nSPS) is 10.5. The maximum Gasteiger partial charge on any atom is 0.0476 e. The fourth-order valence-electron chi connectivity index (χ4n) is 1.58. The van der Waals surface area contributed by atoms with E-state index in [2.05, 4.69) is 25.1 Å². The largest absolute Gasteiger partial charge is 0.127 e. The molecule has 0 spiro atoms. The van der Waals surface area contributed by atoms with Gasteiger partial charge in [0.15, 0.2) is 0 Å². The van der Waals surface area contributed by atoms with Gasteiger partial charge in [-0.2, -0.15) is 0 Å². The maximum atomic E-state index is 5.89. The Labute approximate surface area is 96.2 Å². The zero-order valence-electron chi connectivity index (χ0n) is 8.52. The highest BCUT2D eigenvalue weighted by Crippen LogP contribution is 2.16. The minimum Gasteiger partial charge on any atom is -0.127 e. The summed E-state index contributed by atoms with van der Waals surface area (Å²) in [6, 6.07) is 6.57. The molecule has 1 rings (SSSR count). The molecule has 1 aromatic carbocycles. The van der Waals surface area contributed by atoms with Gasteiger partial charge in [-0.3, -0.25) is 0 Å². The second-order valence-electron chi connectivity index (χ2n) is 3.38. The SMILES string of the molecule is CCc1ccc(CCCCl)cc1CCl. The number of halogens is 2. The smallest absolute Gasteiger partial charge is 0.0476 e. The predicted octanol–water partition coefficient (Wildman–Crippen LogP) is 4.16. The molecule has 0 bridgehead atoms. The number of benzene rings is 1. The molecule has 0 amide bonds. The Morgan fingerprint density at radius 1 is 1.14 bits per heavy atom. The van der Waals surface area contributed by atoms with Gasteiger partial charge in [0.2, 0.25) is 0 Å². The Morgan fingerprint density at radius 3 is 2.50 bits per heavy atom. The van der Waals surface area contributed by atoms with Crippen molar-refractivity contribution in [3.63, 3.8) is 0 Å². The van der Waals surface area contributed by atoms with E-state index in [1.54, 1.807) is 0 Å². The van der Waals surface area contributed by atoms with Gasteiger partial charge >= 0.3 is 0 Å². The predicted molar refractivity (Wildman–Crippen MR) is 64.4 cm³/mol. The standard InChI is InChI=1S/C12H16Cl2/c1-2-11-6-5-10(4-3-7-13)8-12(11)9-14/h5-6,8H,2-4,7,9H2,1H3. The van der Waals surface area contributed by atoms with Crippen LogP contribution in [0.3, 0.4) is 0 Å². The van der Waals surface area contributed by atoms with Crippen LogP contribution in [-0.2, 0) is 18.7 Å². The molecule has 0 aliphatic heterocycles. The van der Waals surface area contributed by atoms with E-state index in [4.69, 9.17) is 23.2 Å². The van der Waals surface area contributed by atoms with E-state index in [1.165, 1.54) is 16.7 Å². The van der Waals surface area contributed by atoms with Crippen LogP contribution in [0.25, 0.3) is 0 Å². The van der Waals surface area contributed by atoms with Gasteiger partial charge in [0.1, 0.15) is 0 Å². The maximum absolute atomic E-state index is 5.89. The molecule has 2 heteroatoms. The highest BCUT2D eigenvalue weighted by atomic mass is 35.5. The first-order chi connectivity index (χ1) is 6.81. The lowest BCUT2D eigenvalue weighted by Crippen LogP contribution is -1.93. The van der Waals surface area contributed by atoms with Crippen molar-refractivity contribution < 1.29 is 0 Å². The molecule has 0 saturated heterocycles. The molecule has 0 atom stereocenters. The van der Waals surface area contributed by atoms with E-state index in [0.717, 1.165) is 25.1 Å². The van der Waals surface area contributed by atoms with Crippen LogP contribution in [0.5, 0.6) is 0 Å². The van der Waals surface area contributed by atoms with Gasteiger partial charge in [-0.25, -0.2) is 0 Å². The van der Waals surface area contributed by atoms with E-state index in [9.17, 15) is 0 Å². The topological polar surface area (TPSA) is 0 Å². The van der Waals surface area contributed by atoms with Crippen LogP contribution in [0.15, 0.2) is 18.2 Å². The van der Waals surface area contributed by atoms with Gasteiger partial charge < -0.3 is 0 Å². The molecule has 0 aliphatic carbocycles. The van der Waals surface area contributed by atoms with Crippen molar-refractivity contribution in [2.75, 3.05) is 5.88 Å². The molecule has 0 aliphatic rings. The lowest BCUT2D eigenvalue weighted by molar-refractivity contribution is 0.923. The second-order valence-corrected chi connectivity index (χ2v) is 4.03. The molecule has 0 unspecified atom stereocenters. The van der Waals surface area contributed by atoms with Crippen LogP contribution in [0.2, 0.25) is 0 Å². The molecular weight excluding hydrogens is 215 g/mol. The molecule has 0 fully saturated rings. The van der Waals surface area contributed by atoms with Crippen LogP contribution in [0.4, 0.5) is 0 Å². The quantitative estimate of drug-likeness (QED) is 0.667. The van der Waals surface area contributed by atoms with Crippen LogP contribution in [-0.4, -0.2) is 5.88 Å². The Morgan fingerprint density at radius 2 is 1.93 bits per heavy atom. The number of hydrogen-bond acceptors (Lipinski definition) is 0. The number of alkyl halides is 2. The van der Waals surface area contributed by atoms with Crippen molar-refractivity contribution in [3.8, 4) is 0 Å². The first-order valence-electron chi connectivity index (χ1n) is 5.04.